The molecule has 3 nitrogen and oxygen atoms in total. The summed E-state index contributed by atoms with van der Waals surface area (Å²) in [5.74, 6) is 3.34. The normalized spacial score (nSPS) is 47.4. The summed E-state index contributed by atoms with van der Waals surface area (Å²) < 4.78 is 0. The fourth-order valence-corrected chi connectivity index (χ4v) is 8.81. The van der Waals surface area contributed by atoms with Gasteiger partial charge in [0, 0.05) is 6.42 Å². The molecule has 4 aliphatic rings. The van der Waals surface area contributed by atoms with Crippen LogP contribution in [0.1, 0.15) is 91.4 Å². The number of fused-ring (bicyclic) bond motifs is 5. The lowest BCUT2D eigenvalue weighted by molar-refractivity contribution is -0.137. The first-order valence-electron chi connectivity index (χ1n) is 11.6. The maximum atomic E-state index is 11.9. The second-order valence-electron chi connectivity index (χ2n) is 11.1. The zero-order valence-electron chi connectivity index (χ0n) is 17.6. The fourth-order valence-electron chi connectivity index (χ4n) is 8.81. The van der Waals surface area contributed by atoms with E-state index >= 15 is 0 Å². The summed E-state index contributed by atoms with van der Waals surface area (Å²) in [7, 11) is 0. The van der Waals surface area contributed by atoms with Gasteiger partial charge >= 0.3 is 0 Å². The van der Waals surface area contributed by atoms with Gasteiger partial charge in [-0.2, -0.15) is 0 Å². The minimum atomic E-state index is -0.756. The highest BCUT2D eigenvalue weighted by Gasteiger charge is 2.60. The van der Waals surface area contributed by atoms with E-state index in [1.54, 1.807) is 0 Å². The lowest BCUT2D eigenvalue weighted by Crippen LogP contribution is -2.53. The molecule has 0 radical (unpaired) electrons. The summed E-state index contributed by atoms with van der Waals surface area (Å²) >= 11 is 0. The SMILES string of the molecule is C[C@H](CC(=O)C(N)=O)[C@H]1CC[C@H]2[C@@H]3CC[C@@H]4CCCC[C@]4(C)[C@H]3CC[C@]12C. The molecule has 2 N–H and O–H groups in total. The summed E-state index contributed by atoms with van der Waals surface area (Å²) in [6.45, 7) is 7.34. The molecule has 0 saturated heterocycles. The highest BCUT2D eigenvalue weighted by molar-refractivity contribution is 6.35. The monoisotopic (exact) mass is 373 g/mol. The minimum absolute atomic E-state index is 0.276. The van der Waals surface area contributed by atoms with Crippen LogP contribution in [-0.4, -0.2) is 11.7 Å². The topological polar surface area (TPSA) is 60.2 Å². The molecule has 0 aliphatic heterocycles. The minimum Gasteiger partial charge on any atom is -0.363 e. The highest BCUT2D eigenvalue weighted by atomic mass is 16.2. The van der Waals surface area contributed by atoms with Crippen molar-refractivity contribution in [2.24, 2.45) is 52.1 Å². The van der Waals surface area contributed by atoms with Crippen molar-refractivity contribution in [2.45, 2.75) is 91.4 Å². The second kappa shape index (κ2) is 6.88. The van der Waals surface area contributed by atoms with Crippen molar-refractivity contribution in [2.75, 3.05) is 0 Å². The van der Waals surface area contributed by atoms with Crippen LogP contribution in [0.25, 0.3) is 0 Å². The van der Waals surface area contributed by atoms with Crippen molar-refractivity contribution >= 4 is 11.7 Å². The van der Waals surface area contributed by atoms with Crippen LogP contribution in [-0.2, 0) is 9.59 Å². The Labute approximate surface area is 165 Å². The zero-order chi connectivity index (χ0) is 19.4. The molecule has 3 heteroatoms. The molecular formula is C24H39NO2. The van der Waals surface area contributed by atoms with Crippen molar-refractivity contribution in [1.29, 1.82) is 0 Å². The van der Waals surface area contributed by atoms with E-state index in [1.165, 1.54) is 64.2 Å². The Bertz CT molecular complexity index is 616. The number of rotatable bonds is 4. The van der Waals surface area contributed by atoms with E-state index in [0.29, 0.717) is 23.2 Å². The Hall–Kier alpha value is -0.860. The van der Waals surface area contributed by atoms with E-state index < -0.39 is 5.91 Å². The fraction of sp³-hybridized carbons (Fsp3) is 0.917. The number of ketones is 1. The predicted molar refractivity (Wildman–Crippen MR) is 108 cm³/mol. The average molecular weight is 374 g/mol. The van der Waals surface area contributed by atoms with Crippen molar-refractivity contribution in [3.8, 4) is 0 Å². The van der Waals surface area contributed by atoms with Gasteiger partial charge in [-0.05, 0) is 97.7 Å². The molecule has 0 aromatic carbocycles. The predicted octanol–water partition coefficient (Wildman–Crippen LogP) is 5.12. The molecule has 4 fully saturated rings. The van der Waals surface area contributed by atoms with E-state index in [4.69, 9.17) is 5.73 Å². The molecule has 0 aromatic heterocycles. The third kappa shape index (κ3) is 2.99. The molecular weight excluding hydrogens is 334 g/mol. The molecule has 0 unspecified atom stereocenters. The van der Waals surface area contributed by atoms with Crippen LogP contribution in [0.4, 0.5) is 0 Å². The van der Waals surface area contributed by atoms with Gasteiger partial charge in [0.05, 0.1) is 0 Å². The Balaban J connectivity index is 1.53. The van der Waals surface area contributed by atoms with Crippen LogP contribution in [0.3, 0.4) is 0 Å². The number of hydrogen-bond acceptors (Lipinski definition) is 2. The maximum absolute atomic E-state index is 11.9. The van der Waals surface area contributed by atoms with E-state index in [9.17, 15) is 9.59 Å². The van der Waals surface area contributed by atoms with Crippen LogP contribution in [0.15, 0.2) is 0 Å². The van der Waals surface area contributed by atoms with Gasteiger partial charge in [0.2, 0.25) is 5.78 Å². The second-order valence-corrected chi connectivity index (χ2v) is 11.1. The lowest BCUT2D eigenvalue weighted by atomic mass is 9.44. The van der Waals surface area contributed by atoms with Crippen LogP contribution in [0, 0.1) is 46.3 Å². The first kappa shape index (κ1) is 19.5. The Kier molecular flexibility index (Phi) is 4.96. The van der Waals surface area contributed by atoms with E-state index in [-0.39, 0.29) is 11.7 Å². The van der Waals surface area contributed by atoms with Gasteiger partial charge in [-0.3, -0.25) is 9.59 Å². The zero-order valence-corrected chi connectivity index (χ0v) is 17.6. The number of primary amides is 1. The maximum Gasteiger partial charge on any atom is 0.284 e. The molecule has 0 bridgehead atoms. The Morgan fingerprint density at radius 2 is 1.67 bits per heavy atom. The summed E-state index contributed by atoms with van der Waals surface area (Å²) in [5, 5.41) is 0. The van der Waals surface area contributed by atoms with Crippen molar-refractivity contribution < 1.29 is 9.59 Å². The van der Waals surface area contributed by atoms with Crippen LogP contribution in [0.2, 0.25) is 0 Å². The van der Waals surface area contributed by atoms with Gasteiger partial charge in [-0.1, -0.05) is 33.6 Å². The molecule has 4 saturated carbocycles. The molecule has 8 atom stereocenters. The molecule has 27 heavy (non-hydrogen) atoms. The van der Waals surface area contributed by atoms with Gasteiger partial charge in [-0.15, -0.1) is 0 Å². The molecule has 1 amide bonds. The smallest absolute Gasteiger partial charge is 0.284 e. The third-order valence-corrected chi connectivity index (χ3v) is 10.1. The number of carbonyl (C=O) groups excluding carboxylic acids is 2. The summed E-state index contributed by atoms with van der Waals surface area (Å²) in [6, 6.07) is 0. The first-order valence-corrected chi connectivity index (χ1v) is 11.6. The number of carbonyl (C=O) groups is 2. The van der Waals surface area contributed by atoms with E-state index in [1.807, 2.05) is 0 Å². The number of Topliss-reactive ketones (excluding diaryl/α,β-unsaturated/α-hetero) is 1. The van der Waals surface area contributed by atoms with E-state index in [2.05, 4.69) is 20.8 Å². The average Bonchev–Trinajstić information content (AvgIpc) is 2.98. The van der Waals surface area contributed by atoms with Crippen LogP contribution in [0.5, 0.6) is 0 Å². The largest absolute Gasteiger partial charge is 0.363 e. The van der Waals surface area contributed by atoms with Crippen molar-refractivity contribution in [3.05, 3.63) is 0 Å². The molecule has 4 rings (SSSR count). The standard InChI is InChI=1S/C24H39NO2/c1-15(14-21(26)22(25)27)18-9-10-19-17-8-7-16-6-4-5-12-23(16,2)20(17)11-13-24(18,19)3/h15-20H,4-14H2,1-3H3,(H2,25,27)/t15-,16+,17+,18-,19+,20+,23+,24-/m1/s1. The van der Waals surface area contributed by atoms with Gasteiger partial charge in [-0.25, -0.2) is 0 Å². The quantitative estimate of drug-likeness (QED) is 0.696. The molecule has 0 heterocycles. The molecule has 152 valence electrons. The number of amides is 1. The van der Waals surface area contributed by atoms with E-state index in [0.717, 1.165) is 23.7 Å². The van der Waals surface area contributed by atoms with Gasteiger partial charge < -0.3 is 5.73 Å². The van der Waals surface area contributed by atoms with Crippen LogP contribution >= 0.6 is 0 Å². The Morgan fingerprint density at radius 1 is 0.926 bits per heavy atom. The lowest BCUT2D eigenvalue weighted by Gasteiger charge is -2.61. The molecule has 0 aromatic rings. The number of hydrogen-bond donors (Lipinski definition) is 1. The number of nitrogens with two attached hydrogens (primary N) is 1. The van der Waals surface area contributed by atoms with Gasteiger partial charge in [0.25, 0.3) is 5.91 Å². The summed E-state index contributed by atoms with van der Waals surface area (Å²) in [4.78, 5) is 23.2. The summed E-state index contributed by atoms with van der Waals surface area (Å²) in [5.41, 5.74) is 6.17. The Morgan fingerprint density at radius 3 is 2.41 bits per heavy atom. The highest BCUT2D eigenvalue weighted by Crippen LogP contribution is 2.68. The third-order valence-electron chi connectivity index (χ3n) is 10.1. The van der Waals surface area contributed by atoms with Crippen LogP contribution < -0.4 is 5.73 Å². The van der Waals surface area contributed by atoms with Crippen molar-refractivity contribution in [3.63, 3.8) is 0 Å². The van der Waals surface area contributed by atoms with Gasteiger partial charge in [0.15, 0.2) is 0 Å². The van der Waals surface area contributed by atoms with Gasteiger partial charge in [0.1, 0.15) is 0 Å². The first-order chi connectivity index (χ1) is 12.8. The molecule has 4 aliphatic carbocycles. The molecule has 0 spiro atoms. The van der Waals surface area contributed by atoms with Crippen molar-refractivity contribution in [1.82, 2.24) is 0 Å². The summed E-state index contributed by atoms with van der Waals surface area (Å²) in [6.07, 6.45) is 14.3.